The van der Waals surface area contributed by atoms with Crippen LogP contribution >= 0.6 is 0 Å². The number of hydrogen-bond acceptors (Lipinski definition) is 3. The summed E-state index contributed by atoms with van der Waals surface area (Å²) in [6.45, 7) is 8.01. The standard InChI is InChI=1S/C15H24N2O3S/c1-11(2)10-16-15(18)13(4)17(21(5,19)20)14-8-6-12(3)7-9-14/h6-9,11,13H,10H2,1-5H3,(H,16,18)/t13-/m0/s1. The van der Waals surface area contributed by atoms with Gasteiger partial charge in [-0.3, -0.25) is 9.10 Å². The summed E-state index contributed by atoms with van der Waals surface area (Å²) in [5.41, 5.74) is 1.53. The molecule has 0 radical (unpaired) electrons. The summed E-state index contributed by atoms with van der Waals surface area (Å²) < 4.78 is 25.2. The van der Waals surface area contributed by atoms with Crippen LogP contribution in [0, 0.1) is 12.8 Å². The average molecular weight is 312 g/mol. The molecule has 6 heteroatoms. The second-order valence-corrected chi connectivity index (χ2v) is 7.57. The third-order valence-corrected chi connectivity index (χ3v) is 4.30. The van der Waals surface area contributed by atoms with Crippen LogP contribution in [0.25, 0.3) is 0 Å². The van der Waals surface area contributed by atoms with Crippen LogP contribution in [0.2, 0.25) is 0 Å². The Morgan fingerprint density at radius 3 is 2.14 bits per heavy atom. The lowest BCUT2D eigenvalue weighted by atomic mass is 10.2. The molecule has 0 aliphatic carbocycles. The molecule has 1 aromatic rings. The third-order valence-electron chi connectivity index (χ3n) is 3.06. The molecule has 21 heavy (non-hydrogen) atoms. The highest BCUT2D eigenvalue weighted by Gasteiger charge is 2.28. The third kappa shape index (κ3) is 5.04. The Morgan fingerprint density at radius 2 is 1.71 bits per heavy atom. The molecule has 0 heterocycles. The summed E-state index contributed by atoms with van der Waals surface area (Å²) in [4.78, 5) is 12.2. The number of nitrogens with one attached hydrogen (secondary N) is 1. The van der Waals surface area contributed by atoms with E-state index in [1.165, 1.54) is 0 Å². The minimum absolute atomic E-state index is 0.297. The maximum Gasteiger partial charge on any atom is 0.243 e. The molecule has 0 spiro atoms. The molecule has 0 aliphatic rings. The van der Waals surface area contributed by atoms with Crippen molar-refractivity contribution in [3.8, 4) is 0 Å². The summed E-state index contributed by atoms with van der Waals surface area (Å²) in [6, 6.07) is 6.28. The van der Waals surface area contributed by atoms with E-state index in [1.54, 1.807) is 19.1 Å². The molecular formula is C15H24N2O3S. The number of amides is 1. The molecule has 0 saturated carbocycles. The van der Waals surface area contributed by atoms with Crippen molar-refractivity contribution in [3.05, 3.63) is 29.8 Å². The van der Waals surface area contributed by atoms with Gasteiger partial charge >= 0.3 is 0 Å². The first-order valence-electron chi connectivity index (χ1n) is 6.96. The fourth-order valence-electron chi connectivity index (χ4n) is 1.95. The van der Waals surface area contributed by atoms with Gasteiger partial charge in [-0.1, -0.05) is 31.5 Å². The van der Waals surface area contributed by atoms with Crippen LogP contribution in [0.3, 0.4) is 0 Å². The van der Waals surface area contributed by atoms with Crippen molar-refractivity contribution in [2.45, 2.75) is 33.7 Å². The van der Waals surface area contributed by atoms with E-state index in [1.807, 2.05) is 32.9 Å². The van der Waals surface area contributed by atoms with Crippen molar-refractivity contribution in [1.29, 1.82) is 0 Å². The molecule has 0 unspecified atom stereocenters. The Balaban J connectivity index is 3.03. The first kappa shape index (κ1) is 17.5. The Kier molecular flexibility index (Phi) is 5.78. The van der Waals surface area contributed by atoms with Crippen LogP contribution in [0.5, 0.6) is 0 Å². The summed E-state index contributed by atoms with van der Waals surface area (Å²) in [7, 11) is -3.54. The number of carbonyl (C=O) groups is 1. The van der Waals surface area contributed by atoms with E-state index in [2.05, 4.69) is 5.32 Å². The number of aryl methyl sites for hydroxylation is 1. The SMILES string of the molecule is Cc1ccc(N([C@@H](C)C(=O)NCC(C)C)S(C)(=O)=O)cc1. The van der Waals surface area contributed by atoms with Crippen LogP contribution in [0.1, 0.15) is 26.3 Å². The highest BCUT2D eigenvalue weighted by molar-refractivity contribution is 7.92. The van der Waals surface area contributed by atoms with Crippen LogP contribution < -0.4 is 9.62 Å². The van der Waals surface area contributed by atoms with Gasteiger partial charge in [-0.15, -0.1) is 0 Å². The summed E-state index contributed by atoms with van der Waals surface area (Å²) in [6.07, 6.45) is 1.11. The number of carbonyl (C=O) groups excluding carboxylic acids is 1. The van der Waals surface area contributed by atoms with E-state index in [4.69, 9.17) is 0 Å². The van der Waals surface area contributed by atoms with Gasteiger partial charge in [-0.05, 0) is 31.9 Å². The molecule has 0 aliphatic heterocycles. The second-order valence-electron chi connectivity index (χ2n) is 5.71. The highest BCUT2D eigenvalue weighted by Crippen LogP contribution is 2.21. The normalized spacial score (nSPS) is 13.0. The van der Waals surface area contributed by atoms with E-state index in [-0.39, 0.29) is 5.91 Å². The average Bonchev–Trinajstić information content (AvgIpc) is 2.36. The number of nitrogens with zero attached hydrogens (tertiary/aromatic N) is 1. The summed E-state index contributed by atoms with van der Waals surface area (Å²) >= 11 is 0. The Labute approximate surface area is 127 Å². The molecule has 1 amide bonds. The molecule has 0 saturated heterocycles. The topological polar surface area (TPSA) is 66.5 Å². The molecule has 0 aromatic heterocycles. The Bertz CT molecular complexity index is 579. The molecule has 0 fully saturated rings. The molecule has 1 aromatic carbocycles. The van der Waals surface area contributed by atoms with Crippen molar-refractivity contribution in [3.63, 3.8) is 0 Å². The minimum Gasteiger partial charge on any atom is -0.354 e. The first-order chi connectivity index (χ1) is 9.62. The van der Waals surface area contributed by atoms with Crippen LogP contribution in [-0.2, 0) is 14.8 Å². The van der Waals surface area contributed by atoms with Crippen LogP contribution in [0.15, 0.2) is 24.3 Å². The highest BCUT2D eigenvalue weighted by atomic mass is 32.2. The molecule has 1 N–H and O–H groups in total. The molecular weight excluding hydrogens is 288 g/mol. The maximum atomic E-state index is 12.2. The lowest BCUT2D eigenvalue weighted by Crippen LogP contribution is -2.48. The van der Waals surface area contributed by atoms with E-state index in [0.717, 1.165) is 16.1 Å². The van der Waals surface area contributed by atoms with Gasteiger partial charge in [0.15, 0.2) is 0 Å². The van der Waals surface area contributed by atoms with Gasteiger partial charge in [0.2, 0.25) is 15.9 Å². The van der Waals surface area contributed by atoms with Crippen molar-refractivity contribution >= 4 is 21.6 Å². The number of hydrogen-bond donors (Lipinski definition) is 1. The van der Waals surface area contributed by atoms with Crippen LogP contribution in [-0.4, -0.2) is 33.2 Å². The number of rotatable bonds is 6. The molecule has 5 nitrogen and oxygen atoms in total. The van der Waals surface area contributed by atoms with Crippen molar-refractivity contribution < 1.29 is 13.2 Å². The van der Waals surface area contributed by atoms with Gasteiger partial charge in [-0.25, -0.2) is 8.42 Å². The van der Waals surface area contributed by atoms with Crippen molar-refractivity contribution in [2.24, 2.45) is 5.92 Å². The fourth-order valence-corrected chi connectivity index (χ4v) is 3.13. The van der Waals surface area contributed by atoms with Crippen molar-refractivity contribution in [2.75, 3.05) is 17.1 Å². The molecule has 0 bridgehead atoms. The predicted molar refractivity (Wildman–Crippen MR) is 85.8 cm³/mol. The van der Waals surface area contributed by atoms with Gasteiger partial charge < -0.3 is 5.32 Å². The Hall–Kier alpha value is -1.56. The summed E-state index contributed by atoms with van der Waals surface area (Å²) in [5, 5.41) is 2.77. The Morgan fingerprint density at radius 1 is 1.19 bits per heavy atom. The lowest BCUT2D eigenvalue weighted by molar-refractivity contribution is -0.121. The smallest absolute Gasteiger partial charge is 0.243 e. The van der Waals surface area contributed by atoms with E-state index >= 15 is 0 Å². The fraction of sp³-hybridized carbons (Fsp3) is 0.533. The van der Waals surface area contributed by atoms with Crippen LogP contribution in [0.4, 0.5) is 5.69 Å². The zero-order valence-electron chi connectivity index (χ0n) is 13.3. The number of sulfonamides is 1. The predicted octanol–water partition coefficient (Wildman–Crippen LogP) is 1.92. The van der Waals surface area contributed by atoms with Gasteiger partial charge in [0.1, 0.15) is 6.04 Å². The van der Waals surface area contributed by atoms with E-state index in [0.29, 0.717) is 18.2 Å². The van der Waals surface area contributed by atoms with E-state index < -0.39 is 16.1 Å². The quantitative estimate of drug-likeness (QED) is 0.872. The number of anilines is 1. The zero-order valence-corrected chi connectivity index (χ0v) is 14.1. The van der Waals surface area contributed by atoms with E-state index in [9.17, 15) is 13.2 Å². The largest absolute Gasteiger partial charge is 0.354 e. The van der Waals surface area contributed by atoms with Gasteiger partial charge in [0.05, 0.1) is 11.9 Å². The first-order valence-corrected chi connectivity index (χ1v) is 8.81. The maximum absolute atomic E-state index is 12.2. The lowest BCUT2D eigenvalue weighted by Gasteiger charge is -2.28. The second kappa shape index (κ2) is 6.93. The van der Waals surface area contributed by atoms with Gasteiger partial charge in [-0.2, -0.15) is 0 Å². The summed E-state index contributed by atoms with van der Waals surface area (Å²) in [5.74, 6) is 0.0157. The number of benzene rings is 1. The minimum atomic E-state index is -3.54. The molecule has 1 atom stereocenters. The zero-order chi connectivity index (χ0) is 16.2. The molecule has 1 rings (SSSR count). The monoisotopic (exact) mass is 312 g/mol. The molecule has 118 valence electrons. The van der Waals surface area contributed by atoms with Gasteiger partial charge in [0.25, 0.3) is 0 Å². The van der Waals surface area contributed by atoms with Gasteiger partial charge in [0, 0.05) is 6.54 Å². The van der Waals surface area contributed by atoms with Crippen molar-refractivity contribution in [1.82, 2.24) is 5.32 Å².